The van der Waals surface area contributed by atoms with Crippen LogP contribution in [0.3, 0.4) is 0 Å². The van der Waals surface area contributed by atoms with Crippen molar-refractivity contribution in [3.8, 4) is 0 Å². The molecule has 0 radical (unpaired) electrons. The van der Waals surface area contributed by atoms with E-state index in [1.807, 2.05) is 24.0 Å². The van der Waals surface area contributed by atoms with Crippen LogP contribution in [-0.2, 0) is 26.6 Å². The summed E-state index contributed by atoms with van der Waals surface area (Å²) in [6.45, 7) is 3.87. The molecular formula is C14H19N3. The Balaban J connectivity index is 1.83. The second kappa shape index (κ2) is 5.64. The molecule has 3 heteroatoms. The summed E-state index contributed by atoms with van der Waals surface area (Å²) in [5.74, 6) is 1.06. The van der Waals surface area contributed by atoms with E-state index < -0.39 is 0 Å². The van der Waals surface area contributed by atoms with Gasteiger partial charge in [-0.15, -0.1) is 0 Å². The number of aryl methyl sites for hydroxylation is 2. The average molecular weight is 229 g/mol. The standard InChI is InChI=1S/C14H19N3/c1-3-12-4-6-13(7-5-12)10-15-11-14-16-8-9-17(14)2/h4-9,15H,3,10-11H2,1-2H3. The molecule has 90 valence electrons. The van der Waals surface area contributed by atoms with Crippen LogP contribution in [0.4, 0.5) is 0 Å². The van der Waals surface area contributed by atoms with Crippen LogP contribution in [0.15, 0.2) is 36.7 Å². The second-order valence-corrected chi connectivity index (χ2v) is 4.23. The Morgan fingerprint density at radius 2 is 1.82 bits per heavy atom. The van der Waals surface area contributed by atoms with Crippen molar-refractivity contribution in [1.82, 2.24) is 14.9 Å². The third kappa shape index (κ3) is 3.17. The molecular weight excluding hydrogens is 210 g/mol. The quantitative estimate of drug-likeness (QED) is 0.852. The van der Waals surface area contributed by atoms with Gasteiger partial charge in [-0.25, -0.2) is 4.98 Å². The highest BCUT2D eigenvalue weighted by Crippen LogP contribution is 2.05. The molecule has 0 aliphatic carbocycles. The SMILES string of the molecule is CCc1ccc(CNCc2nccn2C)cc1. The van der Waals surface area contributed by atoms with Gasteiger partial charge in [0.25, 0.3) is 0 Å². The molecule has 0 bridgehead atoms. The Morgan fingerprint density at radius 3 is 2.41 bits per heavy atom. The molecule has 0 aliphatic heterocycles. The van der Waals surface area contributed by atoms with E-state index in [-0.39, 0.29) is 0 Å². The summed E-state index contributed by atoms with van der Waals surface area (Å²) in [6, 6.07) is 8.75. The lowest BCUT2D eigenvalue weighted by Gasteiger charge is -2.06. The smallest absolute Gasteiger partial charge is 0.122 e. The maximum absolute atomic E-state index is 4.27. The summed E-state index contributed by atoms with van der Waals surface area (Å²) in [5, 5.41) is 3.40. The summed E-state index contributed by atoms with van der Waals surface area (Å²) in [5.41, 5.74) is 2.70. The third-order valence-corrected chi connectivity index (χ3v) is 2.96. The summed E-state index contributed by atoms with van der Waals surface area (Å²) in [4.78, 5) is 4.27. The summed E-state index contributed by atoms with van der Waals surface area (Å²) >= 11 is 0. The number of benzene rings is 1. The molecule has 0 aliphatic rings. The first-order valence-corrected chi connectivity index (χ1v) is 6.04. The van der Waals surface area contributed by atoms with Crippen LogP contribution in [0.25, 0.3) is 0 Å². The van der Waals surface area contributed by atoms with E-state index in [1.54, 1.807) is 0 Å². The van der Waals surface area contributed by atoms with Gasteiger partial charge in [-0.1, -0.05) is 31.2 Å². The summed E-state index contributed by atoms with van der Waals surface area (Å²) in [7, 11) is 2.01. The predicted octanol–water partition coefficient (Wildman–Crippen LogP) is 2.27. The first-order chi connectivity index (χ1) is 8.29. The zero-order chi connectivity index (χ0) is 12.1. The van der Waals surface area contributed by atoms with Gasteiger partial charge in [0.15, 0.2) is 0 Å². The Morgan fingerprint density at radius 1 is 1.12 bits per heavy atom. The van der Waals surface area contributed by atoms with Crippen LogP contribution >= 0.6 is 0 Å². The minimum atomic E-state index is 0.805. The number of nitrogens with zero attached hydrogens (tertiary/aromatic N) is 2. The molecule has 2 aromatic rings. The highest BCUT2D eigenvalue weighted by atomic mass is 15.1. The van der Waals surface area contributed by atoms with E-state index in [9.17, 15) is 0 Å². The zero-order valence-corrected chi connectivity index (χ0v) is 10.5. The largest absolute Gasteiger partial charge is 0.337 e. The van der Waals surface area contributed by atoms with Crippen LogP contribution in [0.2, 0.25) is 0 Å². The van der Waals surface area contributed by atoms with Gasteiger partial charge < -0.3 is 9.88 Å². The van der Waals surface area contributed by atoms with E-state index in [0.717, 1.165) is 25.3 Å². The number of aromatic nitrogens is 2. The molecule has 0 amide bonds. The molecule has 1 aromatic heterocycles. The van der Waals surface area contributed by atoms with Crippen molar-refractivity contribution < 1.29 is 0 Å². The maximum Gasteiger partial charge on any atom is 0.122 e. The third-order valence-electron chi connectivity index (χ3n) is 2.96. The van der Waals surface area contributed by atoms with E-state index in [0.29, 0.717) is 0 Å². The zero-order valence-electron chi connectivity index (χ0n) is 10.5. The Kier molecular flexibility index (Phi) is 3.94. The molecule has 1 heterocycles. The van der Waals surface area contributed by atoms with Gasteiger partial charge in [0.1, 0.15) is 5.82 Å². The number of nitrogens with one attached hydrogen (secondary N) is 1. The number of hydrogen-bond donors (Lipinski definition) is 1. The highest BCUT2D eigenvalue weighted by molar-refractivity contribution is 5.22. The number of imidazole rings is 1. The van der Waals surface area contributed by atoms with Crippen molar-refractivity contribution in [3.05, 3.63) is 53.6 Å². The summed E-state index contributed by atoms with van der Waals surface area (Å²) in [6.07, 6.45) is 4.89. The molecule has 0 saturated carbocycles. The number of hydrogen-bond acceptors (Lipinski definition) is 2. The van der Waals surface area contributed by atoms with Crippen LogP contribution in [0.5, 0.6) is 0 Å². The molecule has 0 spiro atoms. The Hall–Kier alpha value is -1.61. The summed E-state index contributed by atoms with van der Waals surface area (Å²) < 4.78 is 2.03. The minimum absolute atomic E-state index is 0.805. The van der Waals surface area contributed by atoms with Crippen molar-refractivity contribution in [2.75, 3.05) is 0 Å². The Labute approximate surface area is 103 Å². The second-order valence-electron chi connectivity index (χ2n) is 4.23. The fraction of sp³-hybridized carbons (Fsp3) is 0.357. The first-order valence-electron chi connectivity index (χ1n) is 6.04. The first kappa shape index (κ1) is 11.9. The van der Waals surface area contributed by atoms with Crippen LogP contribution < -0.4 is 5.32 Å². The van der Waals surface area contributed by atoms with Gasteiger partial charge in [0.05, 0.1) is 6.54 Å². The monoisotopic (exact) mass is 229 g/mol. The lowest BCUT2D eigenvalue weighted by Crippen LogP contribution is -2.15. The van der Waals surface area contributed by atoms with Crippen molar-refractivity contribution in [3.63, 3.8) is 0 Å². The molecule has 2 rings (SSSR count). The molecule has 0 fully saturated rings. The van der Waals surface area contributed by atoms with Gasteiger partial charge >= 0.3 is 0 Å². The molecule has 1 aromatic carbocycles. The van der Waals surface area contributed by atoms with Crippen molar-refractivity contribution >= 4 is 0 Å². The number of rotatable bonds is 5. The van der Waals surface area contributed by atoms with Gasteiger partial charge in [-0.3, -0.25) is 0 Å². The fourth-order valence-corrected chi connectivity index (χ4v) is 1.78. The Bertz CT molecular complexity index is 457. The molecule has 0 saturated heterocycles. The van der Waals surface area contributed by atoms with Crippen LogP contribution in [0, 0.1) is 0 Å². The molecule has 3 nitrogen and oxygen atoms in total. The van der Waals surface area contributed by atoms with Gasteiger partial charge in [-0.2, -0.15) is 0 Å². The maximum atomic E-state index is 4.27. The van der Waals surface area contributed by atoms with E-state index in [1.165, 1.54) is 11.1 Å². The van der Waals surface area contributed by atoms with E-state index in [4.69, 9.17) is 0 Å². The highest BCUT2D eigenvalue weighted by Gasteiger charge is 1.98. The topological polar surface area (TPSA) is 29.9 Å². The van der Waals surface area contributed by atoms with Gasteiger partial charge in [0, 0.05) is 26.0 Å². The van der Waals surface area contributed by atoms with Gasteiger partial charge in [-0.05, 0) is 17.5 Å². The van der Waals surface area contributed by atoms with E-state index >= 15 is 0 Å². The van der Waals surface area contributed by atoms with E-state index in [2.05, 4.69) is 41.5 Å². The average Bonchev–Trinajstić information content (AvgIpc) is 2.76. The van der Waals surface area contributed by atoms with Crippen molar-refractivity contribution in [1.29, 1.82) is 0 Å². The normalized spacial score (nSPS) is 10.7. The fourth-order valence-electron chi connectivity index (χ4n) is 1.78. The molecule has 17 heavy (non-hydrogen) atoms. The van der Waals surface area contributed by atoms with Crippen molar-refractivity contribution in [2.24, 2.45) is 7.05 Å². The molecule has 1 N–H and O–H groups in total. The minimum Gasteiger partial charge on any atom is -0.337 e. The van der Waals surface area contributed by atoms with Crippen LogP contribution in [-0.4, -0.2) is 9.55 Å². The van der Waals surface area contributed by atoms with Crippen LogP contribution in [0.1, 0.15) is 23.9 Å². The van der Waals surface area contributed by atoms with Crippen molar-refractivity contribution in [2.45, 2.75) is 26.4 Å². The lowest BCUT2D eigenvalue weighted by atomic mass is 10.1. The lowest BCUT2D eigenvalue weighted by molar-refractivity contribution is 0.639. The molecule has 0 unspecified atom stereocenters. The molecule has 0 atom stereocenters. The predicted molar refractivity (Wildman–Crippen MR) is 69.6 cm³/mol. The van der Waals surface area contributed by atoms with Gasteiger partial charge in [0.2, 0.25) is 0 Å².